The Kier molecular flexibility index (Phi) is 3.34. The summed E-state index contributed by atoms with van der Waals surface area (Å²) in [6.45, 7) is 5.42. The van der Waals surface area contributed by atoms with E-state index in [1.807, 2.05) is 6.92 Å². The second-order valence-electron chi connectivity index (χ2n) is 4.31. The fourth-order valence-electron chi connectivity index (χ4n) is 1.69. The van der Waals surface area contributed by atoms with E-state index in [1.54, 1.807) is 26.0 Å². The lowest BCUT2D eigenvalue weighted by molar-refractivity contribution is 0.438. The number of ether oxygens (including phenoxy) is 1. The van der Waals surface area contributed by atoms with Crippen molar-refractivity contribution in [3.8, 4) is 23.4 Å². The molecule has 1 aromatic carbocycles. The summed E-state index contributed by atoms with van der Waals surface area (Å²) >= 11 is 0. The first-order valence-electron chi connectivity index (χ1n) is 5.73. The quantitative estimate of drug-likeness (QED) is 0.892. The SMILES string of the molecule is Cc1cc(O)cc(Oc2nnc(C)c(C)c2C#N)c1. The highest BCUT2D eigenvalue weighted by Crippen LogP contribution is 2.28. The van der Waals surface area contributed by atoms with E-state index in [0.29, 0.717) is 17.0 Å². The van der Waals surface area contributed by atoms with E-state index in [9.17, 15) is 5.11 Å². The Labute approximate surface area is 111 Å². The van der Waals surface area contributed by atoms with Crippen LogP contribution in [0.5, 0.6) is 17.4 Å². The molecule has 96 valence electrons. The van der Waals surface area contributed by atoms with Gasteiger partial charge in [-0.1, -0.05) is 0 Å². The monoisotopic (exact) mass is 255 g/mol. The number of aromatic nitrogens is 2. The van der Waals surface area contributed by atoms with Gasteiger partial charge in [0.1, 0.15) is 23.1 Å². The maximum atomic E-state index is 9.52. The molecule has 0 saturated carbocycles. The molecular weight excluding hydrogens is 242 g/mol. The minimum atomic E-state index is 0.102. The van der Waals surface area contributed by atoms with Crippen molar-refractivity contribution in [1.29, 1.82) is 5.26 Å². The normalized spacial score (nSPS) is 10.0. The van der Waals surface area contributed by atoms with Gasteiger partial charge in [-0.25, -0.2) is 0 Å². The molecule has 1 N–H and O–H groups in total. The molecule has 0 saturated heterocycles. The number of aromatic hydroxyl groups is 1. The van der Waals surface area contributed by atoms with E-state index in [2.05, 4.69) is 16.3 Å². The van der Waals surface area contributed by atoms with E-state index in [-0.39, 0.29) is 11.6 Å². The number of hydrogen-bond donors (Lipinski definition) is 1. The zero-order chi connectivity index (χ0) is 14.0. The van der Waals surface area contributed by atoms with Gasteiger partial charge >= 0.3 is 0 Å². The van der Waals surface area contributed by atoms with Crippen molar-refractivity contribution >= 4 is 0 Å². The molecule has 5 heteroatoms. The maximum absolute atomic E-state index is 9.52. The van der Waals surface area contributed by atoms with Crippen LogP contribution in [0.1, 0.15) is 22.4 Å². The van der Waals surface area contributed by atoms with E-state index >= 15 is 0 Å². The van der Waals surface area contributed by atoms with Crippen molar-refractivity contribution in [2.75, 3.05) is 0 Å². The summed E-state index contributed by atoms with van der Waals surface area (Å²) in [6.07, 6.45) is 0. The van der Waals surface area contributed by atoms with E-state index in [4.69, 9.17) is 10.00 Å². The predicted octanol–water partition coefficient (Wildman–Crippen LogP) is 2.77. The maximum Gasteiger partial charge on any atom is 0.257 e. The van der Waals surface area contributed by atoms with Crippen LogP contribution in [-0.4, -0.2) is 15.3 Å². The Morgan fingerprint density at radius 3 is 2.53 bits per heavy atom. The molecule has 1 aromatic heterocycles. The minimum Gasteiger partial charge on any atom is -0.508 e. The smallest absolute Gasteiger partial charge is 0.257 e. The predicted molar refractivity (Wildman–Crippen MR) is 69.1 cm³/mol. The number of nitrogens with zero attached hydrogens (tertiary/aromatic N) is 3. The van der Waals surface area contributed by atoms with Gasteiger partial charge in [0.05, 0.1) is 5.69 Å². The molecule has 0 fully saturated rings. The Bertz CT molecular complexity index is 655. The topological polar surface area (TPSA) is 79.0 Å². The first-order chi connectivity index (χ1) is 9.01. The van der Waals surface area contributed by atoms with Gasteiger partial charge in [-0.05, 0) is 44.0 Å². The third-order valence-corrected chi connectivity index (χ3v) is 2.78. The van der Waals surface area contributed by atoms with Gasteiger partial charge in [0.2, 0.25) is 0 Å². The van der Waals surface area contributed by atoms with E-state index in [0.717, 1.165) is 11.1 Å². The van der Waals surface area contributed by atoms with Crippen LogP contribution in [0.25, 0.3) is 0 Å². The lowest BCUT2D eigenvalue weighted by Crippen LogP contribution is -2.00. The summed E-state index contributed by atoms with van der Waals surface area (Å²) in [7, 11) is 0. The number of phenolic OH excluding ortho intramolecular Hbond substituents is 1. The molecule has 0 bridgehead atoms. The molecule has 0 amide bonds. The first kappa shape index (κ1) is 12.8. The molecule has 0 radical (unpaired) electrons. The minimum absolute atomic E-state index is 0.102. The number of benzene rings is 1. The fraction of sp³-hybridized carbons (Fsp3) is 0.214. The summed E-state index contributed by atoms with van der Waals surface area (Å²) in [4.78, 5) is 0. The highest BCUT2D eigenvalue weighted by atomic mass is 16.5. The molecule has 0 unspecified atom stereocenters. The number of nitriles is 1. The molecule has 0 aliphatic heterocycles. The average Bonchev–Trinajstić information content (AvgIpc) is 2.33. The van der Waals surface area contributed by atoms with Gasteiger partial charge in [0.15, 0.2) is 0 Å². The van der Waals surface area contributed by atoms with Gasteiger partial charge in [-0.3, -0.25) is 0 Å². The third-order valence-electron chi connectivity index (χ3n) is 2.78. The van der Waals surface area contributed by atoms with Crippen LogP contribution in [0.4, 0.5) is 0 Å². The molecule has 0 aliphatic rings. The van der Waals surface area contributed by atoms with Gasteiger partial charge in [-0.15, -0.1) is 5.10 Å². The molecule has 2 rings (SSSR count). The second kappa shape index (κ2) is 4.94. The van der Waals surface area contributed by atoms with Crippen LogP contribution in [0, 0.1) is 32.1 Å². The molecule has 0 aliphatic carbocycles. The number of rotatable bonds is 2. The summed E-state index contributed by atoms with van der Waals surface area (Å²) in [5.74, 6) is 0.674. The van der Waals surface area contributed by atoms with Gasteiger partial charge < -0.3 is 9.84 Å². The van der Waals surface area contributed by atoms with Crippen molar-refractivity contribution in [2.45, 2.75) is 20.8 Å². The standard InChI is InChI=1S/C14H13N3O2/c1-8-4-11(18)6-12(5-8)19-14-13(7-15)9(2)10(3)16-17-14/h4-6,18H,1-3H3. The Morgan fingerprint density at radius 2 is 1.89 bits per heavy atom. The van der Waals surface area contributed by atoms with E-state index < -0.39 is 0 Å². The van der Waals surface area contributed by atoms with Crippen LogP contribution in [0.2, 0.25) is 0 Å². The van der Waals surface area contributed by atoms with Gasteiger partial charge in [0.25, 0.3) is 5.88 Å². The molecule has 0 spiro atoms. The zero-order valence-electron chi connectivity index (χ0n) is 10.9. The number of aryl methyl sites for hydroxylation is 2. The molecule has 0 atom stereocenters. The van der Waals surface area contributed by atoms with Crippen molar-refractivity contribution in [3.63, 3.8) is 0 Å². The lowest BCUT2D eigenvalue weighted by atomic mass is 10.1. The molecule has 1 heterocycles. The van der Waals surface area contributed by atoms with Crippen LogP contribution >= 0.6 is 0 Å². The van der Waals surface area contributed by atoms with Gasteiger partial charge in [-0.2, -0.15) is 10.4 Å². The van der Waals surface area contributed by atoms with Crippen molar-refractivity contribution in [2.24, 2.45) is 0 Å². The van der Waals surface area contributed by atoms with Crippen LogP contribution in [0.15, 0.2) is 18.2 Å². The van der Waals surface area contributed by atoms with Crippen LogP contribution < -0.4 is 4.74 Å². The van der Waals surface area contributed by atoms with Crippen LogP contribution in [0.3, 0.4) is 0 Å². The molecule has 2 aromatic rings. The second-order valence-corrected chi connectivity index (χ2v) is 4.31. The zero-order valence-corrected chi connectivity index (χ0v) is 10.9. The summed E-state index contributed by atoms with van der Waals surface area (Å²) in [5, 5.41) is 26.5. The lowest BCUT2D eigenvalue weighted by Gasteiger charge is -2.09. The first-order valence-corrected chi connectivity index (χ1v) is 5.73. The van der Waals surface area contributed by atoms with Crippen molar-refractivity contribution < 1.29 is 9.84 Å². The Morgan fingerprint density at radius 1 is 1.16 bits per heavy atom. The molecule has 19 heavy (non-hydrogen) atoms. The largest absolute Gasteiger partial charge is 0.508 e. The Balaban J connectivity index is 2.44. The summed E-state index contributed by atoms with van der Waals surface area (Å²) in [6, 6.07) is 6.89. The highest BCUT2D eigenvalue weighted by molar-refractivity contribution is 5.47. The van der Waals surface area contributed by atoms with Crippen molar-refractivity contribution in [1.82, 2.24) is 10.2 Å². The summed E-state index contributed by atoms with van der Waals surface area (Å²) in [5.41, 5.74) is 2.64. The highest BCUT2D eigenvalue weighted by Gasteiger charge is 2.13. The fourth-order valence-corrected chi connectivity index (χ4v) is 1.69. The molecule has 5 nitrogen and oxygen atoms in total. The average molecular weight is 255 g/mol. The Hall–Kier alpha value is -2.61. The van der Waals surface area contributed by atoms with E-state index in [1.165, 1.54) is 6.07 Å². The van der Waals surface area contributed by atoms with Crippen molar-refractivity contribution in [3.05, 3.63) is 40.6 Å². The molecular formula is C14H13N3O2. The summed E-state index contributed by atoms with van der Waals surface area (Å²) < 4.78 is 5.54. The number of hydrogen-bond acceptors (Lipinski definition) is 5. The number of phenols is 1. The van der Waals surface area contributed by atoms with Crippen LogP contribution in [-0.2, 0) is 0 Å². The van der Waals surface area contributed by atoms with Gasteiger partial charge in [0, 0.05) is 6.07 Å². The third kappa shape index (κ3) is 2.63.